The fraction of sp³-hybridized carbons (Fsp3) is 0.444. The van der Waals surface area contributed by atoms with Gasteiger partial charge in [0.05, 0.1) is 58.6 Å². The molecule has 0 radical (unpaired) electrons. The highest BCUT2D eigenvalue weighted by Gasteiger charge is 2.58. The van der Waals surface area contributed by atoms with Crippen molar-refractivity contribution in [2.24, 2.45) is 4.99 Å². The molecule has 0 fully saturated rings. The Hall–Kier alpha value is -5.51. The fourth-order valence-electron chi connectivity index (χ4n) is 9.94. The number of rotatable bonds is 8. The van der Waals surface area contributed by atoms with Crippen molar-refractivity contribution >= 4 is 38.8 Å². The van der Waals surface area contributed by atoms with Gasteiger partial charge in [0.1, 0.15) is 11.0 Å². The summed E-state index contributed by atoms with van der Waals surface area (Å²) in [4.78, 5) is 50.6. The van der Waals surface area contributed by atoms with Crippen molar-refractivity contribution in [1.82, 2.24) is 24.5 Å². The third kappa shape index (κ3) is 6.37. The second-order valence-corrected chi connectivity index (χ2v) is 16.9. The second-order valence-electron chi connectivity index (χ2n) is 16.9. The molecule has 0 saturated carbocycles. The lowest BCUT2D eigenvalue weighted by Gasteiger charge is -2.38. The average molecular weight is 849 g/mol. The number of aryl methyl sites for hydroxylation is 2. The van der Waals surface area contributed by atoms with Gasteiger partial charge in [0, 0.05) is 57.2 Å². The van der Waals surface area contributed by atoms with Gasteiger partial charge in [0.15, 0.2) is 0 Å². The third-order valence-corrected chi connectivity index (χ3v) is 13.5. The van der Waals surface area contributed by atoms with Gasteiger partial charge < -0.3 is 19.8 Å². The maximum absolute atomic E-state index is 15.0. The molecule has 322 valence electrons. The number of carbonyl (C=O) groups is 1. The zero-order chi connectivity index (χ0) is 44.3. The normalized spacial score (nSPS) is 21.7. The Bertz CT molecular complexity index is 2910. The number of aliphatic hydroxyl groups is 1. The van der Waals surface area contributed by atoms with E-state index >= 15 is 0 Å². The van der Waals surface area contributed by atoms with E-state index in [1.807, 2.05) is 39.0 Å². The van der Waals surface area contributed by atoms with Crippen LogP contribution in [0.4, 0.5) is 26.3 Å². The summed E-state index contributed by atoms with van der Waals surface area (Å²) in [6.07, 6.45) is -10.0. The minimum absolute atomic E-state index is 0.0120. The van der Waals surface area contributed by atoms with Crippen LogP contribution in [0.1, 0.15) is 134 Å². The number of H-pyrrole nitrogens is 2. The highest BCUT2D eigenvalue weighted by Crippen LogP contribution is 2.56. The number of esters is 1. The lowest BCUT2D eigenvalue weighted by Crippen LogP contribution is -2.42. The van der Waals surface area contributed by atoms with Crippen LogP contribution in [0.25, 0.3) is 32.8 Å². The molecule has 1 aromatic carbocycles. The molecule has 7 heterocycles. The summed E-state index contributed by atoms with van der Waals surface area (Å²) in [5.41, 5.74) is 0.225. The molecule has 10 nitrogen and oxygen atoms in total. The Morgan fingerprint density at radius 3 is 2.15 bits per heavy atom. The maximum atomic E-state index is 15.0. The van der Waals surface area contributed by atoms with Gasteiger partial charge in [-0.3, -0.25) is 29.1 Å². The van der Waals surface area contributed by atoms with Gasteiger partial charge in [0.25, 0.3) is 5.56 Å². The number of hydrogen-bond acceptors (Lipinski definition) is 7. The highest BCUT2D eigenvalue weighted by atomic mass is 19.4. The third-order valence-electron chi connectivity index (χ3n) is 13.5. The van der Waals surface area contributed by atoms with Gasteiger partial charge in [0.2, 0.25) is 0 Å². The molecule has 3 aliphatic heterocycles. The quantitative estimate of drug-likeness (QED) is 0.105. The topological polar surface area (TPSA) is 138 Å². The van der Waals surface area contributed by atoms with Crippen molar-refractivity contribution in [2.75, 3.05) is 7.11 Å². The molecule has 4 aromatic heterocycles. The number of pyridine rings is 1. The standard InChI is InChI=1S/C45H46F6N6O4/c1-9-27-20(3)28-17-32-35(23(6)58)21(4)30(53-32)18-33-42(7,10-2)43(12-11-34(59)61-8)39(55-33)37-38-36(22(5)29(54-38)16-31(27)52-28)41(60)57(40(37)56-43)19-24-13-25(44(46,47)48)15-26(14-24)45(49,50)51/h13-18,20,23,27,53-54,58H,9-12,19H2,1-8H3/t20?,23?,27?,42-,43+/m1/s1. The average Bonchev–Trinajstić information content (AvgIpc) is 3.93. The second kappa shape index (κ2) is 14.3. The Kier molecular flexibility index (Phi) is 9.88. The van der Waals surface area contributed by atoms with Crippen LogP contribution >= 0.6 is 0 Å². The van der Waals surface area contributed by atoms with Crippen molar-refractivity contribution in [1.29, 1.82) is 0 Å². The predicted molar refractivity (Wildman–Crippen MR) is 217 cm³/mol. The number of methoxy groups -OCH3 is 1. The predicted octanol–water partition coefficient (Wildman–Crippen LogP) is 9.55. The van der Waals surface area contributed by atoms with Crippen molar-refractivity contribution in [3.63, 3.8) is 0 Å². The van der Waals surface area contributed by atoms with Gasteiger partial charge >= 0.3 is 18.3 Å². The van der Waals surface area contributed by atoms with Crippen LogP contribution in [0.2, 0.25) is 0 Å². The molecular weight excluding hydrogens is 803 g/mol. The fourth-order valence-corrected chi connectivity index (χ4v) is 9.94. The molecule has 0 saturated heterocycles. The minimum atomic E-state index is -5.11. The van der Waals surface area contributed by atoms with Crippen LogP contribution in [-0.2, 0) is 39.4 Å². The SMILES string of the molecule is CCC1c2cc3[nH]c4c(c3C)c(=O)n(Cc3cc(C(F)(F)F)cc(C(F)(F)F)c3)c3c4c4nc(cc5[nH]c(cc(n2)C1C)c(C(C)O)c5C)[C@@](C)(CC)[C@@]4(CCC(=O)OC)N=3. The molecule has 0 amide bonds. The van der Waals surface area contributed by atoms with Gasteiger partial charge in [-0.1, -0.05) is 27.7 Å². The molecule has 61 heavy (non-hydrogen) atoms. The van der Waals surface area contributed by atoms with E-state index in [1.54, 1.807) is 13.8 Å². The largest absolute Gasteiger partial charge is 0.469 e. The van der Waals surface area contributed by atoms with Crippen molar-refractivity contribution in [2.45, 2.75) is 122 Å². The van der Waals surface area contributed by atoms with Crippen LogP contribution in [0, 0.1) is 13.8 Å². The van der Waals surface area contributed by atoms with Crippen LogP contribution < -0.4 is 11.0 Å². The Labute approximate surface area is 346 Å². The number of carbonyl (C=O) groups excluding carboxylic acids is 1. The van der Waals surface area contributed by atoms with Crippen LogP contribution in [-0.4, -0.2) is 42.7 Å². The lowest BCUT2D eigenvalue weighted by molar-refractivity contribution is -0.143. The molecule has 3 aliphatic rings. The smallest absolute Gasteiger partial charge is 0.416 e. The first kappa shape index (κ1) is 42.2. The summed E-state index contributed by atoms with van der Waals surface area (Å²) in [7, 11) is 1.26. The maximum Gasteiger partial charge on any atom is 0.416 e. The number of benzene rings is 1. The van der Waals surface area contributed by atoms with Crippen LogP contribution in [0.15, 0.2) is 46.2 Å². The Morgan fingerprint density at radius 2 is 1.56 bits per heavy atom. The van der Waals surface area contributed by atoms with E-state index < -0.39 is 64.2 Å². The Morgan fingerprint density at radius 1 is 0.918 bits per heavy atom. The number of alkyl halides is 6. The molecular formula is C45H46F6N6O4. The number of aliphatic hydroxyl groups excluding tert-OH is 1. The highest BCUT2D eigenvalue weighted by molar-refractivity contribution is 6.02. The number of nitrogens with one attached hydrogen (secondary N) is 2. The van der Waals surface area contributed by atoms with Crippen LogP contribution in [0.5, 0.6) is 0 Å². The minimum Gasteiger partial charge on any atom is -0.469 e. The van der Waals surface area contributed by atoms with E-state index in [0.29, 0.717) is 68.5 Å². The van der Waals surface area contributed by atoms with Crippen molar-refractivity contribution < 1.29 is 41.0 Å². The van der Waals surface area contributed by atoms with E-state index in [2.05, 4.69) is 23.8 Å². The number of fused-ring (bicyclic) bond motifs is 6. The van der Waals surface area contributed by atoms with E-state index in [-0.39, 0.29) is 41.6 Å². The number of halogens is 6. The number of aromatic amines is 2. The van der Waals surface area contributed by atoms with E-state index in [1.165, 1.54) is 7.11 Å². The van der Waals surface area contributed by atoms with Gasteiger partial charge in [-0.15, -0.1) is 0 Å². The van der Waals surface area contributed by atoms with E-state index in [4.69, 9.17) is 19.7 Å². The zero-order valence-electron chi connectivity index (χ0n) is 35.0. The molecule has 3 N–H and O–H groups in total. The first-order valence-electron chi connectivity index (χ1n) is 20.3. The number of aromatic nitrogens is 5. The number of ether oxygens (including phenoxy) is 1. The van der Waals surface area contributed by atoms with Crippen molar-refractivity contribution in [3.05, 3.63) is 108 Å². The summed E-state index contributed by atoms with van der Waals surface area (Å²) in [5, 5.41) is 11.6. The summed E-state index contributed by atoms with van der Waals surface area (Å²) in [5.74, 6) is -0.598. The first-order chi connectivity index (χ1) is 28.6. The van der Waals surface area contributed by atoms with E-state index in [0.717, 1.165) is 27.9 Å². The summed E-state index contributed by atoms with van der Waals surface area (Å²) >= 11 is 0. The summed E-state index contributed by atoms with van der Waals surface area (Å²) in [6.45, 7) is 12.6. The Balaban J connectivity index is 1.58. The van der Waals surface area contributed by atoms with Gasteiger partial charge in [-0.05, 0) is 93.1 Å². The zero-order valence-corrected chi connectivity index (χ0v) is 35.0. The molecule has 8 bridgehead atoms. The van der Waals surface area contributed by atoms with Gasteiger partial charge in [-0.2, -0.15) is 26.3 Å². The lowest BCUT2D eigenvalue weighted by atomic mass is 9.65. The van der Waals surface area contributed by atoms with Gasteiger partial charge in [-0.25, -0.2) is 0 Å². The molecule has 16 heteroatoms. The molecule has 8 rings (SSSR count). The molecule has 5 aromatic rings. The summed E-state index contributed by atoms with van der Waals surface area (Å²) < 4.78 is 91.0. The first-order valence-corrected chi connectivity index (χ1v) is 20.3. The molecule has 0 aliphatic carbocycles. The van der Waals surface area contributed by atoms with Crippen LogP contribution in [0.3, 0.4) is 0 Å². The monoisotopic (exact) mass is 848 g/mol. The number of nitrogens with zero attached hydrogens (tertiary/aromatic N) is 4. The summed E-state index contributed by atoms with van der Waals surface area (Å²) in [6, 6.07) is 7.01. The number of hydrogen-bond donors (Lipinski definition) is 3. The molecule has 3 unspecified atom stereocenters. The molecule has 0 spiro atoms. The molecule has 5 atom stereocenters. The van der Waals surface area contributed by atoms with E-state index in [9.17, 15) is 41.0 Å². The van der Waals surface area contributed by atoms with Crippen molar-refractivity contribution in [3.8, 4) is 0 Å².